The number of carbonyl (C=O) groups is 2. The number of fused-ring (bicyclic) bond motifs is 1. The minimum absolute atomic E-state index is 0.245. The summed E-state index contributed by atoms with van der Waals surface area (Å²) in [4.78, 5) is 25.5. The van der Waals surface area contributed by atoms with Gasteiger partial charge in [-0.1, -0.05) is 35.9 Å². The summed E-state index contributed by atoms with van der Waals surface area (Å²) in [6, 6.07) is 13.1. The topological polar surface area (TPSA) is 58.6 Å². The SMILES string of the molecule is COC(=O)N1CCc2ccc(NC(=O)/C=C/c3ccccc3Cl)cc2C1. The molecule has 1 heterocycles. The lowest BCUT2D eigenvalue weighted by molar-refractivity contribution is -0.111. The summed E-state index contributed by atoms with van der Waals surface area (Å²) in [7, 11) is 1.37. The van der Waals surface area contributed by atoms with Crippen LogP contribution in [-0.2, 0) is 22.5 Å². The van der Waals surface area contributed by atoms with Crippen molar-refractivity contribution < 1.29 is 14.3 Å². The molecule has 134 valence electrons. The maximum absolute atomic E-state index is 12.2. The Kier molecular flexibility index (Phi) is 5.58. The highest BCUT2D eigenvalue weighted by Crippen LogP contribution is 2.23. The molecule has 0 aromatic heterocycles. The van der Waals surface area contributed by atoms with Gasteiger partial charge in [0.1, 0.15) is 0 Å². The van der Waals surface area contributed by atoms with Crippen molar-refractivity contribution in [3.05, 3.63) is 70.3 Å². The molecule has 0 radical (unpaired) electrons. The summed E-state index contributed by atoms with van der Waals surface area (Å²) in [5.41, 5.74) is 3.65. The zero-order valence-corrected chi connectivity index (χ0v) is 15.1. The van der Waals surface area contributed by atoms with Crippen LogP contribution in [-0.4, -0.2) is 30.6 Å². The van der Waals surface area contributed by atoms with Gasteiger partial charge in [0.2, 0.25) is 5.91 Å². The second-order valence-corrected chi connectivity index (χ2v) is 6.38. The third kappa shape index (κ3) is 4.24. The molecule has 1 aliphatic heterocycles. The van der Waals surface area contributed by atoms with Crippen LogP contribution < -0.4 is 5.32 Å². The Morgan fingerprint density at radius 1 is 1.19 bits per heavy atom. The predicted molar refractivity (Wildman–Crippen MR) is 102 cm³/mol. The van der Waals surface area contributed by atoms with E-state index in [-0.39, 0.29) is 12.0 Å². The number of ether oxygens (including phenoxy) is 1. The second kappa shape index (κ2) is 8.06. The first-order valence-electron chi connectivity index (χ1n) is 8.25. The van der Waals surface area contributed by atoms with E-state index in [4.69, 9.17) is 16.3 Å². The summed E-state index contributed by atoms with van der Waals surface area (Å²) in [6.07, 6.45) is 3.55. The van der Waals surface area contributed by atoms with Crippen LogP contribution in [0.5, 0.6) is 0 Å². The van der Waals surface area contributed by atoms with Crippen molar-refractivity contribution in [2.45, 2.75) is 13.0 Å². The van der Waals surface area contributed by atoms with Crippen molar-refractivity contribution in [1.82, 2.24) is 4.90 Å². The summed E-state index contributed by atoms with van der Waals surface area (Å²) in [5.74, 6) is -0.245. The van der Waals surface area contributed by atoms with Gasteiger partial charge in [-0.05, 0) is 47.4 Å². The Morgan fingerprint density at radius 2 is 2.00 bits per heavy atom. The van der Waals surface area contributed by atoms with Crippen LogP contribution in [0.25, 0.3) is 6.08 Å². The van der Waals surface area contributed by atoms with Crippen LogP contribution in [0.2, 0.25) is 5.02 Å². The molecule has 2 aromatic rings. The number of rotatable bonds is 3. The highest BCUT2D eigenvalue weighted by molar-refractivity contribution is 6.32. The Balaban J connectivity index is 1.68. The lowest BCUT2D eigenvalue weighted by atomic mass is 9.99. The molecule has 26 heavy (non-hydrogen) atoms. The average molecular weight is 371 g/mol. The number of carbonyl (C=O) groups excluding carboxylic acids is 2. The maximum Gasteiger partial charge on any atom is 0.409 e. The molecule has 5 nitrogen and oxygen atoms in total. The van der Waals surface area contributed by atoms with Crippen LogP contribution in [0.3, 0.4) is 0 Å². The normalized spacial score (nSPS) is 13.4. The zero-order valence-electron chi connectivity index (χ0n) is 14.4. The van der Waals surface area contributed by atoms with Crippen LogP contribution in [0.4, 0.5) is 10.5 Å². The number of nitrogens with zero attached hydrogens (tertiary/aromatic N) is 1. The van der Waals surface area contributed by atoms with E-state index < -0.39 is 0 Å². The fourth-order valence-corrected chi connectivity index (χ4v) is 3.08. The largest absolute Gasteiger partial charge is 0.453 e. The second-order valence-electron chi connectivity index (χ2n) is 5.97. The summed E-state index contributed by atoms with van der Waals surface area (Å²) in [5, 5.41) is 3.43. The van der Waals surface area contributed by atoms with Crippen molar-refractivity contribution >= 4 is 35.4 Å². The van der Waals surface area contributed by atoms with Gasteiger partial charge in [0.15, 0.2) is 0 Å². The van der Waals surface area contributed by atoms with Crippen molar-refractivity contribution in [3.8, 4) is 0 Å². The minimum Gasteiger partial charge on any atom is -0.453 e. The van der Waals surface area contributed by atoms with E-state index in [1.54, 1.807) is 17.0 Å². The number of anilines is 1. The Bertz CT molecular complexity index is 864. The van der Waals surface area contributed by atoms with Gasteiger partial charge in [-0.15, -0.1) is 0 Å². The number of benzene rings is 2. The average Bonchev–Trinajstić information content (AvgIpc) is 2.66. The van der Waals surface area contributed by atoms with Gasteiger partial charge in [-0.2, -0.15) is 0 Å². The van der Waals surface area contributed by atoms with Crippen molar-refractivity contribution in [3.63, 3.8) is 0 Å². The van der Waals surface area contributed by atoms with Gasteiger partial charge in [-0.3, -0.25) is 4.79 Å². The van der Waals surface area contributed by atoms with Gasteiger partial charge < -0.3 is 15.0 Å². The van der Waals surface area contributed by atoms with E-state index in [2.05, 4.69) is 5.32 Å². The van der Waals surface area contributed by atoms with Gasteiger partial charge in [-0.25, -0.2) is 4.79 Å². The Labute approximate surface area is 157 Å². The summed E-state index contributed by atoms with van der Waals surface area (Å²) < 4.78 is 4.78. The summed E-state index contributed by atoms with van der Waals surface area (Å²) >= 11 is 6.07. The molecule has 0 saturated carbocycles. The molecule has 0 spiro atoms. The Hall–Kier alpha value is -2.79. The third-order valence-electron chi connectivity index (χ3n) is 4.24. The number of hydrogen-bond acceptors (Lipinski definition) is 3. The first-order valence-corrected chi connectivity index (χ1v) is 8.63. The van der Waals surface area contributed by atoms with E-state index >= 15 is 0 Å². The molecule has 0 bridgehead atoms. The zero-order chi connectivity index (χ0) is 18.5. The number of halogens is 1. The minimum atomic E-state index is -0.340. The van der Waals surface area contributed by atoms with Gasteiger partial charge in [0.05, 0.1) is 7.11 Å². The molecule has 0 atom stereocenters. The van der Waals surface area contributed by atoms with E-state index in [9.17, 15) is 9.59 Å². The molecule has 0 unspecified atom stereocenters. The lowest BCUT2D eigenvalue weighted by Gasteiger charge is -2.28. The van der Waals surface area contributed by atoms with Crippen LogP contribution in [0.1, 0.15) is 16.7 Å². The van der Waals surface area contributed by atoms with Crippen molar-refractivity contribution in [2.75, 3.05) is 19.0 Å². The van der Waals surface area contributed by atoms with Gasteiger partial charge >= 0.3 is 6.09 Å². The lowest BCUT2D eigenvalue weighted by Crippen LogP contribution is -2.35. The number of hydrogen-bond donors (Lipinski definition) is 1. The Morgan fingerprint density at radius 3 is 2.77 bits per heavy atom. The van der Waals surface area contributed by atoms with Crippen molar-refractivity contribution in [1.29, 1.82) is 0 Å². The molecule has 0 aliphatic carbocycles. The molecule has 3 rings (SSSR count). The van der Waals surface area contributed by atoms with Crippen LogP contribution >= 0.6 is 11.6 Å². The fraction of sp³-hybridized carbons (Fsp3) is 0.200. The van der Waals surface area contributed by atoms with Crippen LogP contribution in [0.15, 0.2) is 48.5 Å². The van der Waals surface area contributed by atoms with Gasteiger partial charge in [0.25, 0.3) is 0 Å². The first kappa shape index (κ1) is 18.0. The predicted octanol–water partition coefficient (Wildman–Crippen LogP) is 4.12. The number of nitrogens with one attached hydrogen (secondary N) is 1. The number of amides is 2. The highest BCUT2D eigenvalue weighted by atomic mass is 35.5. The van der Waals surface area contributed by atoms with E-state index in [0.29, 0.717) is 23.8 Å². The van der Waals surface area contributed by atoms with E-state index in [1.165, 1.54) is 18.7 Å². The van der Waals surface area contributed by atoms with Gasteiger partial charge in [0, 0.05) is 29.9 Å². The molecule has 2 amide bonds. The van der Waals surface area contributed by atoms with Crippen molar-refractivity contribution in [2.24, 2.45) is 0 Å². The molecule has 1 aliphatic rings. The molecular weight excluding hydrogens is 352 g/mol. The maximum atomic E-state index is 12.2. The molecule has 6 heteroatoms. The van der Waals surface area contributed by atoms with E-state index in [1.807, 2.05) is 36.4 Å². The first-order chi connectivity index (χ1) is 12.6. The smallest absolute Gasteiger partial charge is 0.409 e. The quantitative estimate of drug-likeness (QED) is 0.827. The monoisotopic (exact) mass is 370 g/mol. The standard InChI is InChI=1S/C20H19ClN2O3/c1-26-20(25)23-11-10-14-6-8-17(12-16(14)13-23)22-19(24)9-7-15-4-2-3-5-18(15)21/h2-9,12H,10-11,13H2,1H3,(H,22,24)/b9-7+. The molecule has 0 saturated heterocycles. The summed E-state index contributed by atoms with van der Waals surface area (Å²) in [6.45, 7) is 1.10. The highest BCUT2D eigenvalue weighted by Gasteiger charge is 2.21. The molecular formula is C20H19ClN2O3. The molecule has 2 aromatic carbocycles. The van der Waals surface area contributed by atoms with Crippen LogP contribution in [0, 0.1) is 0 Å². The fourth-order valence-electron chi connectivity index (χ4n) is 2.88. The number of methoxy groups -OCH3 is 1. The third-order valence-corrected chi connectivity index (χ3v) is 4.58. The molecule has 1 N–H and O–H groups in total. The molecule has 0 fully saturated rings. The van der Waals surface area contributed by atoms with E-state index in [0.717, 1.165) is 17.5 Å².